The minimum absolute atomic E-state index is 0.182. The van der Waals surface area contributed by atoms with Crippen molar-refractivity contribution in [1.29, 1.82) is 0 Å². The Balaban J connectivity index is 2.84. The monoisotopic (exact) mass is 197 g/mol. The van der Waals surface area contributed by atoms with Gasteiger partial charge in [-0.2, -0.15) is 0 Å². The highest BCUT2D eigenvalue weighted by molar-refractivity contribution is 5.97. The van der Waals surface area contributed by atoms with Gasteiger partial charge < -0.3 is 4.43 Å². The summed E-state index contributed by atoms with van der Waals surface area (Å²) in [5.41, 5.74) is 0.921. The fourth-order valence-corrected chi connectivity index (χ4v) is 1.32. The lowest BCUT2D eigenvalue weighted by molar-refractivity contribution is -0.385. The van der Waals surface area contributed by atoms with E-state index < -0.39 is 0 Å². The SMILES string of the molecule is O=[N+]([O-])c1ccccc1CCO[SiH3]. The molecule has 0 bridgehead atoms. The molecule has 0 saturated heterocycles. The van der Waals surface area contributed by atoms with Crippen LogP contribution < -0.4 is 0 Å². The second-order valence-corrected chi connectivity index (χ2v) is 3.21. The summed E-state index contributed by atoms with van der Waals surface area (Å²) in [6.07, 6.45) is 0.612. The van der Waals surface area contributed by atoms with Crippen molar-refractivity contribution >= 4 is 16.2 Å². The van der Waals surface area contributed by atoms with E-state index in [1.165, 1.54) is 6.07 Å². The molecule has 0 aromatic heterocycles. The maximum absolute atomic E-state index is 10.6. The third-order valence-electron chi connectivity index (χ3n) is 1.76. The van der Waals surface area contributed by atoms with Crippen molar-refractivity contribution in [2.24, 2.45) is 0 Å². The molecule has 0 unspecified atom stereocenters. The summed E-state index contributed by atoms with van der Waals surface area (Å²) in [5.74, 6) is 0. The minimum Gasteiger partial charge on any atom is -0.428 e. The van der Waals surface area contributed by atoms with Crippen molar-refractivity contribution in [3.63, 3.8) is 0 Å². The lowest BCUT2D eigenvalue weighted by Crippen LogP contribution is -1.99. The lowest BCUT2D eigenvalue weighted by atomic mass is 10.1. The van der Waals surface area contributed by atoms with Gasteiger partial charge in [0.25, 0.3) is 5.69 Å². The first-order valence-corrected chi connectivity index (χ1v) is 4.78. The van der Waals surface area contributed by atoms with E-state index >= 15 is 0 Å². The quantitative estimate of drug-likeness (QED) is 0.399. The van der Waals surface area contributed by atoms with Crippen LogP contribution in [0.5, 0.6) is 0 Å². The molecule has 0 amide bonds. The predicted molar refractivity (Wildman–Crippen MR) is 52.7 cm³/mol. The van der Waals surface area contributed by atoms with Crippen molar-refractivity contribution in [3.8, 4) is 0 Å². The highest BCUT2D eigenvalue weighted by Crippen LogP contribution is 2.17. The average molecular weight is 197 g/mol. The van der Waals surface area contributed by atoms with Crippen LogP contribution in [0.1, 0.15) is 5.56 Å². The number of nitro groups is 1. The highest BCUT2D eigenvalue weighted by Gasteiger charge is 2.10. The Labute approximate surface area is 79.2 Å². The molecule has 1 aromatic rings. The third kappa shape index (κ3) is 2.64. The molecule has 13 heavy (non-hydrogen) atoms. The van der Waals surface area contributed by atoms with E-state index in [9.17, 15) is 10.1 Å². The van der Waals surface area contributed by atoms with Crippen molar-refractivity contribution in [2.75, 3.05) is 6.61 Å². The van der Waals surface area contributed by atoms with Gasteiger partial charge in [0.05, 0.1) is 4.92 Å². The summed E-state index contributed by atoms with van der Waals surface area (Å²) < 4.78 is 5.00. The van der Waals surface area contributed by atoms with Gasteiger partial charge in [-0.15, -0.1) is 0 Å². The van der Waals surface area contributed by atoms with Gasteiger partial charge in [0, 0.05) is 24.7 Å². The topological polar surface area (TPSA) is 52.4 Å². The Morgan fingerprint density at radius 2 is 2.15 bits per heavy atom. The van der Waals surface area contributed by atoms with Gasteiger partial charge in [0.15, 0.2) is 0 Å². The van der Waals surface area contributed by atoms with Crippen molar-refractivity contribution < 1.29 is 9.35 Å². The molecule has 0 radical (unpaired) electrons. The molecule has 1 rings (SSSR count). The van der Waals surface area contributed by atoms with Gasteiger partial charge in [0.2, 0.25) is 0 Å². The summed E-state index contributed by atoms with van der Waals surface area (Å²) in [6.45, 7) is 0.567. The van der Waals surface area contributed by atoms with Crippen LogP contribution in [0.4, 0.5) is 5.69 Å². The van der Waals surface area contributed by atoms with E-state index in [2.05, 4.69) is 0 Å². The van der Waals surface area contributed by atoms with Crippen molar-refractivity contribution in [2.45, 2.75) is 6.42 Å². The van der Waals surface area contributed by atoms with E-state index in [0.29, 0.717) is 23.5 Å². The third-order valence-corrected chi connectivity index (χ3v) is 2.17. The highest BCUT2D eigenvalue weighted by atomic mass is 28.2. The molecule has 0 heterocycles. The van der Waals surface area contributed by atoms with Crippen LogP contribution in [0.25, 0.3) is 0 Å². The molecule has 0 spiro atoms. The maximum atomic E-state index is 10.6. The van der Waals surface area contributed by atoms with Crippen molar-refractivity contribution in [3.05, 3.63) is 39.9 Å². The zero-order valence-electron chi connectivity index (χ0n) is 7.40. The van der Waals surface area contributed by atoms with Gasteiger partial charge >= 0.3 is 0 Å². The molecule has 0 aliphatic heterocycles. The molecule has 1 aromatic carbocycles. The molecule has 0 N–H and O–H groups in total. The normalized spacial score (nSPS) is 10.2. The number of para-hydroxylation sites is 1. The number of hydrogen-bond donors (Lipinski definition) is 0. The standard InChI is InChI=1S/C8H11NO3Si/c10-9(11)8-4-2-1-3-7(8)5-6-12-13/h1-4H,5-6H2,13H3. The fraction of sp³-hybridized carbons (Fsp3) is 0.250. The zero-order valence-corrected chi connectivity index (χ0v) is 9.40. The minimum atomic E-state index is -0.359. The van der Waals surface area contributed by atoms with Crippen molar-refractivity contribution in [1.82, 2.24) is 0 Å². The number of hydrogen-bond acceptors (Lipinski definition) is 3. The first kappa shape index (κ1) is 9.88. The Bertz CT molecular complexity index is 303. The Morgan fingerprint density at radius 1 is 1.46 bits per heavy atom. The Hall–Kier alpha value is -1.20. The van der Waals surface area contributed by atoms with E-state index in [1.807, 2.05) is 0 Å². The van der Waals surface area contributed by atoms with Crippen LogP contribution in [0.3, 0.4) is 0 Å². The first-order valence-electron chi connectivity index (χ1n) is 3.97. The van der Waals surface area contributed by atoms with E-state index in [4.69, 9.17) is 4.43 Å². The average Bonchev–Trinajstić information content (AvgIpc) is 2.15. The summed E-state index contributed by atoms with van der Waals surface area (Å²) in [6, 6.07) is 6.75. The second kappa shape index (κ2) is 4.73. The van der Waals surface area contributed by atoms with Crippen LogP contribution >= 0.6 is 0 Å². The zero-order chi connectivity index (χ0) is 9.68. The second-order valence-electron chi connectivity index (χ2n) is 2.63. The molecule has 70 valence electrons. The van der Waals surface area contributed by atoms with E-state index in [1.54, 1.807) is 18.2 Å². The molecule has 0 fully saturated rings. The molecule has 5 heteroatoms. The van der Waals surface area contributed by atoms with E-state index in [0.717, 1.165) is 5.56 Å². The van der Waals surface area contributed by atoms with Gasteiger partial charge in [-0.1, -0.05) is 18.2 Å². The number of nitro benzene ring substituents is 1. The van der Waals surface area contributed by atoms with Gasteiger partial charge in [0.1, 0.15) is 10.5 Å². The number of benzene rings is 1. The fourth-order valence-electron chi connectivity index (χ4n) is 1.11. The van der Waals surface area contributed by atoms with Crippen LogP contribution in [0.2, 0.25) is 0 Å². The molecule has 0 atom stereocenters. The first-order chi connectivity index (χ1) is 6.25. The van der Waals surface area contributed by atoms with Gasteiger partial charge in [-0.3, -0.25) is 10.1 Å². The molecular weight excluding hydrogens is 186 g/mol. The molecule has 0 saturated carbocycles. The smallest absolute Gasteiger partial charge is 0.272 e. The van der Waals surface area contributed by atoms with E-state index in [-0.39, 0.29) is 10.6 Å². The lowest BCUT2D eigenvalue weighted by Gasteiger charge is -2.01. The molecule has 4 nitrogen and oxygen atoms in total. The summed E-state index contributed by atoms with van der Waals surface area (Å²) in [5, 5.41) is 10.6. The predicted octanol–water partition coefficient (Wildman–Crippen LogP) is 0.434. The maximum Gasteiger partial charge on any atom is 0.272 e. The number of nitrogens with zero attached hydrogens (tertiary/aromatic N) is 1. The largest absolute Gasteiger partial charge is 0.428 e. The van der Waals surface area contributed by atoms with Crippen LogP contribution in [-0.4, -0.2) is 22.0 Å². The molecule has 0 aliphatic carbocycles. The van der Waals surface area contributed by atoms with Gasteiger partial charge in [-0.25, -0.2) is 0 Å². The van der Waals surface area contributed by atoms with Crippen LogP contribution in [-0.2, 0) is 10.8 Å². The van der Waals surface area contributed by atoms with Crippen LogP contribution in [0.15, 0.2) is 24.3 Å². The van der Waals surface area contributed by atoms with Crippen LogP contribution in [0, 0.1) is 10.1 Å². The summed E-state index contributed by atoms with van der Waals surface area (Å²) in [7, 11) is 0.674. The Kier molecular flexibility index (Phi) is 3.60. The summed E-state index contributed by atoms with van der Waals surface area (Å²) in [4.78, 5) is 10.2. The van der Waals surface area contributed by atoms with Gasteiger partial charge in [-0.05, 0) is 0 Å². The summed E-state index contributed by atoms with van der Waals surface area (Å²) >= 11 is 0. The molecule has 0 aliphatic rings. The number of rotatable bonds is 4. The molecular formula is C8H11NO3Si. The Morgan fingerprint density at radius 3 is 2.77 bits per heavy atom.